The summed E-state index contributed by atoms with van der Waals surface area (Å²) in [5, 5.41) is 23.1. The van der Waals surface area contributed by atoms with E-state index in [-0.39, 0.29) is 17.3 Å². The quantitative estimate of drug-likeness (QED) is 0.390. The van der Waals surface area contributed by atoms with Gasteiger partial charge < -0.3 is 5.73 Å². The topological polar surface area (TPSA) is 137 Å². The van der Waals surface area contributed by atoms with E-state index in [1.165, 1.54) is 16.0 Å². The number of aromatic nitrogens is 5. The molecule has 0 unspecified atom stereocenters. The standard InChI is InChI=1S/C17H14N8O2S/c1-10-2-4-12(5-3-10)14-13(17(26)21-19-8-11-6-7-28-9-11)20-24-25(14)16-15(18)22-27-23-16/h2-9H,1H3,(H2,18,22)(H,21,26). The van der Waals surface area contributed by atoms with Crippen molar-refractivity contribution in [3.63, 3.8) is 0 Å². The van der Waals surface area contributed by atoms with Crippen molar-refractivity contribution in [3.05, 3.63) is 57.9 Å². The molecule has 28 heavy (non-hydrogen) atoms. The Morgan fingerprint density at radius 2 is 2.11 bits per heavy atom. The minimum Gasteiger partial charge on any atom is -0.378 e. The molecule has 0 saturated heterocycles. The first-order valence-corrected chi connectivity index (χ1v) is 9.04. The molecule has 0 spiro atoms. The second kappa shape index (κ2) is 7.40. The van der Waals surface area contributed by atoms with Crippen LogP contribution >= 0.6 is 11.3 Å². The van der Waals surface area contributed by atoms with Gasteiger partial charge >= 0.3 is 0 Å². The minimum absolute atomic E-state index is 0.0284. The maximum atomic E-state index is 12.7. The summed E-state index contributed by atoms with van der Waals surface area (Å²) < 4.78 is 5.96. The van der Waals surface area contributed by atoms with Crippen LogP contribution in [0.2, 0.25) is 0 Å². The number of rotatable bonds is 5. The molecule has 140 valence electrons. The van der Waals surface area contributed by atoms with E-state index in [2.05, 4.69) is 35.8 Å². The monoisotopic (exact) mass is 394 g/mol. The molecule has 0 radical (unpaired) electrons. The number of benzene rings is 1. The van der Waals surface area contributed by atoms with Gasteiger partial charge in [0.15, 0.2) is 5.69 Å². The Balaban J connectivity index is 1.72. The molecule has 0 aliphatic carbocycles. The molecule has 3 aromatic heterocycles. The molecule has 0 atom stereocenters. The number of hydrazone groups is 1. The number of nitrogens with zero attached hydrogens (tertiary/aromatic N) is 6. The first-order chi connectivity index (χ1) is 13.6. The lowest BCUT2D eigenvalue weighted by molar-refractivity contribution is 0.0950. The van der Waals surface area contributed by atoms with Gasteiger partial charge in [-0.25, -0.2) is 10.1 Å². The summed E-state index contributed by atoms with van der Waals surface area (Å²) in [6.07, 6.45) is 1.55. The lowest BCUT2D eigenvalue weighted by Crippen LogP contribution is -2.19. The van der Waals surface area contributed by atoms with E-state index >= 15 is 0 Å². The summed E-state index contributed by atoms with van der Waals surface area (Å²) in [4.78, 5) is 12.7. The minimum atomic E-state index is -0.525. The van der Waals surface area contributed by atoms with Gasteiger partial charge in [0.05, 0.1) is 6.21 Å². The van der Waals surface area contributed by atoms with Crippen molar-refractivity contribution in [1.29, 1.82) is 0 Å². The molecule has 1 aromatic carbocycles. The van der Waals surface area contributed by atoms with Crippen molar-refractivity contribution in [2.24, 2.45) is 5.10 Å². The number of hydrogen-bond donors (Lipinski definition) is 2. The van der Waals surface area contributed by atoms with Crippen molar-refractivity contribution in [1.82, 2.24) is 30.7 Å². The van der Waals surface area contributed by atoms with Crippen LogP contribution in [0.4, 0.5) is 5.82 Å². The van der Waals surface area contributed by atoms with Gasteiger partial charge in [-0.2, -0.15) is 21.1 Å². The zero-order chi connectivity index (χ0) is 19.5. The Hall–Kier alpha value is -3.86. The summed E-state index contributed by atoms with van der Waals surface area (Å²) in [6.45, 7) is 1.96. The highest BCUT2D eigenvalue weighted by molar-refractivity contribution is 7.08. The number of nitrogens with one attached hydrogen (secondary N) is 1. The largest absolute Gasteiger partial charge is 0.378 e. The summed E-state index contributed by atoms with van der Waals surface area (Å²) in [5.41, 5.74) is 11.4. The number of nitrogens with two attached hydrogens (primary N) is 1. The highest BCUT2D eigenvalue weighted by Crippen LogP contribution is 2.26. The molecule has 4 aromatic rings. The van der Waals surface area contributed by atoms with E-state index in [1.807, 2.05) is 48.0 Å². The first kappa shape index (κ1) is 17.5. The normalized spacial score (nSPS) is 11.2. The molecule has 3 heterocycles. The Kier molecular flexibility index (Phi) is 4.64. The number of amides is 1. The fourth-order valence-electron chi connectivity index (χ4n) is 2.46. The number of carbonyl (C=O) groups is 1. The Morgan fingerprint density at radius 3 is 2.79 bits per heavy atom. The smallest absolute Gasteiger partial charge is 0.294 e. The van der Waals surface area contributed by atoms with E-state index in [9.17, 15) is 4.79 Å². The van der Waals surface area contributed by atoms with Crippen LogP contribution in [0.5, 0.6) is 0 Å². The van der Waals surface area contributed by atoms with Crippen LogP contribution < -0.4 is 11.2 Å². The van der Waals surface area contributed by atoms with Crippen molar-refractivity contribution in [2.45, 2.75) is 6.92 Å². The van der Waals surface area contributed by atoms with E-state index in [4.69, 9.17) is 5.73 Å². The molecule has 0 aliphatic heterocycles. The Labute approximate surface area is 162 Å². The number of anilines is 1. The van der Waals surface area contributed by atoms with E-state index < -0.39 is 5.91 Å². The fraction of sp³-hybridized carbons (Fsp3) is 0.0588. The van der Waals surface area contributed by atoms with Crippen LogP contribution in [0, 0.1) is 6.92 Å². The second-order valence-corrected chi connectivity index (χ2v) is 6.57. The third-order valence-electron chi connectivity index (χ3n) is 3.83. The molecule has 0 fully saturated rings. The van der Waals surface area contributed by atoms with Crippen LogP contribution in [0.25, 0.3) is 17.1 Å². The van der Waals surface area contributed by atoms with Gasteiger partial charge in [0, 0.05) is 11.1 Å². The Morgan fingerprint density at radius 1 is 1.29 bits per heavy atom. The number of aryl methyl sites for hydroxylation is 1. The van der Waals surface area contributed by atoms with Crippen LogP contribution in [-0.2, 0) is 0 Å². The number of thiophene rings is 1. The lowest BCUT2D eigenvalue weighted by Gasteiger charge is -2.06. The van der Waals surface area contributed by atoms with Gasteiger partial charge in [-0.3, -0.25) is 4.79 Å². The second-order valence-electron chi connectivity index (χ2n) is 5.79. The van der Waals surface area contributed by atoms with Gasteiger partial charge in [0.25, 0.3) is 5.91 Å². The average molecular weight is 394 g/mol. The Bertz CT molecular complexity index is 1130. The lowest BCUT2D eigenvalue weighted by atomic mass is 10.1. The summed E-state index contributed by atoms with van der Waals surface area (Å²) in [6, 6.07) is 9.40. The highest BCUT2D eigenvalue weighted by Gasteiger charge is 2.25. The number of hydrogen-bond acceptors (Lipinski definition) is 9. The molecule has 0 bridgehead atoms. The predicted molar refractivity (Wildman–Crippen MR) is 103 cm³/mol. The fourth-order valence-corrected chi connectivity index (χ4v) is 3.07. The van der Waals surface area contributed by atoms with E-state index in [1.54, 1.807) is 6.21 Å². The van der Waals surface area contributed by atoms with Crippen molar-refractivity contribution >= 4 is 29.3 Å². The summed E-state index contributed by atoms with van der Waals surface area (Å²) in [7, 11) is 0. The van der Waals surface area contributed by atoms with Gasteiger partial charge in [-0.15, -0.1) is 5.10 Å². The maximum Gasteiger partial charge on any atom is 0.294 e. The van der Waals surface area contributed by atoms with Crippen LogP contribution in [-0.4, -0.2) is 37.4 Å². The zero-order valence-electron chi connectivity index (χ0n) is 14.6. The molecular weight excluding hydrogens is 380 g/mol. The van der Waals surface area contributed by atoms with Gasteiger partial charge in [-0.05, 0) is 34.1 Å². The molecule has 11 heteroatoms. The van der Waals surface area contributed by atoms with E-state index in [0.717, 1.165) is 11.1 Å². The average Bonchev–Trinajstić information content (AvgIpc) is 3.42. The molecule has 0 aliphatic rings. The van der Waals surface area contributed by atoms with Crippen molar-refractivity contribution in [3.8, 4) is 17.1 Å². The molecule has 4 rings (SSSR count). The maximum absolute atomic E-state index is 12.7. The van der Waals surface area contributed by atoms with E-state index in [0.29, 0.717) is 11.3 Å². The molecule has 10 nitrogen and oxygen atoms in total. The van der Waals surface area contributed by atoms with Gasteiger partial charge in [0.1, 0.15) is 5.69 Å². The third-order valence-corrected chi connectivity index (χ3v) is 4.53. The third kappa shape index (κ3) is 3.38. The summed E-state index contributed by atoms with van der Waals surface area (Å²) >= 11 is 1.54. The summed E-state index contributed by atoms with van der Waals surface area (Å²) in [5.74, 6) is -0.354. The molecule has 1 amide bonds. The van der Waals surface area contributed by atoms with Gasteiger partial charge in [-0.1, -0.05) is 35.0 Å². The molecule has 3 N–H and O–H groups in total. The molecular formula is C17H14N8O2S. The van der Waals surface area contributed by atoms with Crippen LogP contribution in [0.3, 0.4) is 0 Å². The van der Waals surface area contributed by atoms with Crippen molar-refractivity contribution in [2.75, 3.05) is 5.73 Å². The highest BCUT2D eigenvalue weighted by atomic mass is 32.1. The SMILES string of the molecule is Cc1ccc(-c2c(C(=O)NN=Cc3ccsc3)nnn2-c2nonc2N)cc1. The zero-order valence-corrected chi connectivity index (χ0v) is 15.4. The number of carbonyl (C=O) groups excluding carboxylic acids is 1. The number of nitrogen functional groups attached to an aromatic ring is 1. The predicted octanol–water partition coefficient (Wildman–Crippen LogP) is 2.03. The van der Waals surface area contributed by atoms with Gasteiger partial charge in [0.2, 0.25) is 11.6 Å². The van der Waals surface area contributed by atoms with Crippen LogP contribution in [0.15, 0.2) is 50.8 Å². The van der Waals surface area contributed by atoms with Crippen LogP contribution in [0.1, 0.15) is 21.6 Å². The first-order valence-electron chi connectivity index (χ1n) is 8.10. The molecule has 0 saturated carbocycles. The van der Waals surface area contributed by atoms with Crippen molar-refractivity contribution < 1.29 is 9.42 Å².